The number of nitrogens with one attached hydrogen (secondary N) is 3. The average Bonchev–Trinajstić information content (AvgIpc) is 2.55. The molecule has 130 valence electrons. The number of non-ortho nitro benzene ring substituents is 1. The standard InChI is InChI=1S/C16H17N5O4/c1-11-4-2-7-14(18-11)20-15(22)8-9-17-16(23)19-12-5-3-6-13(10-12)21(24)25/h2-7,10H,8-9H2,1H3,(H2,17,19,23)(H,18,20,22). The molecule has 3 amide bonds. The molecule has 0 spiro atoms. The highest BCUT2D eigenvalue weighted by atomic mass is 16.6. The van der Waals surface area contributed by atoms with Crippen LogP contribution < -0.4 is 16.0 Å². The highest BCUT2D eigenvalue weighted by Gasteiger charge is 2.09. The van der Waals surface area contributed by atoms with E-state index < -0.39 is 11.0 Å². The summed E-state index contributed by atoms with van der Waals surface area (Å²) in [6.07, 6.45) is 0.0674. The molecule has 0 saturated carbocycles. The van der Waals surface area contributed by atoms with E-state index in [4.69, 9.17) is 0 Å². The summed E-state index contributed by atoms with van der Waals surface area (Å²) >= 11 is 0. The van der Waals surface area contributed by atoms with Gasteiger partial charge in [0.25, 0.3) is 5.69 Å². The van der Waals surface area contributed by atoms with E-state index in [2.05, 4.69) is 20.9 Å². The summed E-state index contributed by atoms with van der Waals surface area (Å²) in [5.74, 6) is 0.166. The third-order valence-electron chi connectivity index (χ3n) is 3.11. The second kappa shape index (κ2) is 8.39. The van der Waals surface area contributed by atoms with Crippen LogP contribution in [-0.4, -0.2) is 28.4 Å². The van der Waals surface area contributed by atoms with Crippen molar-refractivity contribution in [2.75, 3.05) is 17.2 Å². The van der Waals surface area contributed by atoms with Crippen molar-refractivity contribution < 1.29 is 14.5 Å². The van der Waals surface area contributed by atoms with Crippen molar-refractivity contribution >= 4 is 29.1 Å². The number of aryl methyl sites for hydroxylation is 1. The smallest absolute Gasteiger partial charge is 0.319 e. The lowest BCUT2D eigenvalue weighted by Gasteiger charge is -2.08. The van der Waals surface area contributed by atoms with Gasteiger partial charge in [0, 0.05) is 36.5 Å². The van der Waals surface area contributed by atoms with Gasteiger partial charge >= 0.3 is 6.03 Å². The number of aromatic nitrogens is 1. The van der Waals surface area contributed by atoms with Crippen LogP contribution >= 0.6 is 0 Å². The summed E-state index contributed by atoms with van der Waals surface area (Å²) in [5.41, 5.74) is 0.954. The Kier molecular flexibility index (Phi) is 5.99. The van der Waals surface area contributed by atoms with Crippen LogP contribution in [0.15, 0.2) is 42.5 Å². The molecule has 0 fully saturated rings. The van der Waals surface area contributed by atoms with Gasteiger partial charge in [-0.2, -0.15) is 0 Å². The Bertz CT molecular complexity index is 794. The molecule has 0 unspecified atom stereocenters. The molecule has 25 heavy (non-hydrogen) atoms. The maximum atomic E-state index is 11.8. The first-order valence-electron chi connectivity index (χ1n) is 7.47. The molecule has 0 radical (unpaired) electrons. The van der Waals surface area contributed by atoms with Crippen molar-refractivity contribution in [3.63, 3.8) is 0 Å². The number of amides is 3. The average molecular weight is 343 g/mol. The van der Waals surface area contributed by atoms with Crippen molar-refractivity contribution in [3.05, 3.63) is 58.3 Å². The van der Waals surface area contributed by atoms with E-state index in [0.717, 1.165) is 5.69 Å². The topological polar surface area (TPSA) is 126 Å². The Balaban J connectivity index is 1.75. The van der Waals surface area contributed by atoms with E-state index >= 15 is 0 Å². The Morgan fingerprint density at radius 1 is 1.16 bits per heavy atom. The second-order valence-corrected chi connectivity index (χ2v) is 5.15. The van der Waals surface area contributed by atoms with Crippen molar-refractivity contribution in [3.8, 4) is 0 Å². The fourth-order valence-corrected chi connectivity index (χ4v) is 1.98. The highest BCUT2D eigenvalue weighted by molar-refractivity contribution is 5.92. The van der Waals surface area contributed by atoms with E-state index in [1.165, 1.54) is 24.3 Å². The molecule has 0 aliphatic rings. The molecule has 1 heterocycles. The number of rotatable bonds is 6. The summed E-state index contributed by atoms with van der Waals surface area (Å²) in [6.45, 7) is 1.92. The molecule has 1 aromatic heterocycles. The lowest BCUT2D eigenvalue weighted by molar-refractivity contribution is -0.384. The van der Waals surface area contributed by atoms with Gasteiger partial charge in [-0.1, -0.05) is 12.1 Å². The third-order valence-corrected chi connectivity index (χ3v) is 3.11. The Hall–Kier alpha value is -3.49. The summed E-state index contributed by atoms with van der Waals surface area (Å²) in [5, 5.41) is 18.3. The van der Waals surface area contributed by atoms with Crippen LogP contribution in [0.4, 0.5) is 22.0 Å². The molecule has 0 aliphatic heterocycles. The SMILES string of the molecule is Cc1cccc(NC(=O)CCNC(=O)Nc2cccc([N+](=O)[O-])c2)n1. The number of carbonyl (C=O) groups excluding carboxylic acids is 2. The van der Waals surface area contributed by atoms with Crippen LogP contribution in [0.2, 0.25) is 0 Å². The van der Waals surface area contributed by atoms with E-state index in [0.29, 0.717) is 11.5 Å². The molecule has 0 bridgehead atoms. The monoisotopic (exact) mass is 343 g/mol. The maximum Gasteiger partial charge on any atom is 0.319 e. The van der Waals surface area contributed by atoms with Gasteiger partial charge in [-0.15, -0.1) is 0 Å². The van der Waals surface area contributed by atoms with E-state index in [9.17, 15) is 19.7 Å². The Morgan fingerprint density at radius 3 is 2.64 bits per heavy atom. The number of anilines is 2. The number of nitro groups is 1. The number of hydrogen-bond acceptors (Lipinski definition) is 5. The fraction of sp³-hybridized carbons (Fsp3) is 0.188. The van der Waals surface area contributed by atoms with Gasteiger partial charge in [-0.05, 0) is 25.1 Å². The number of nitro benzene ring substituents is 1. The molecule has 9 nitrogen and oxygen atoms in total. The predicted octanol–water partition coefficient (Wildman–Crippen LogP) is 2.45. The van der Waals surface area contributed by atoms with Crippen molar-refractivity contribution in [1.82, 2.24) is 10.3 Å². The second-order valence-electron chi connectivity index (χ2n) is 5.15. The first-order valence-corrected chi connectivity index (χ1v) is 7.47. The van der Waals surface area contributed by atoms with Crippen LogP contribution in [0, 0.1) is 17.0 Å². The molecule has 0 atom stereocenters. The zero-order chi connectivity index (χ0) is 18.2. The van der Waals surface area contributed by atoms with Crippen molar-refractivity contribution in [1.29, 1.82) is 0 Å². The van der Waals surface area contributed by atoms with Gasteiger partial charge in [0.05, 0.1) is 4.92 Å². The number of nitrogens with zero attached hydrogens (tertiary/aromatic N) is 2. The molecule has 2 aromatic rings. The normalized spacial score (nSPS) is 9.96. The third kappa shape index (κ3) is 5.90. The number of hydrogen-bond donors (Lipinski definition) is 3. The van der Waals surface area contributed by atoms with E-state index in [1.54, 1.807) is 12.1 Å². The number of urea groups is 1. The summed E-state index contributed by atoms with van der Waals surface area (Å²) in [4.78, 5) is 37.8. The summed E-state index contributed by atoms with van der Waals surface area (Å²) < 4.78 is 0. The van der Waals surface area contributed by atoms with Crippen molar-refractivity contribution in [2.45, 2.75) is 13.3 Å². The highest BCUT2D eigenvalue weighted by Crippen LogP contribution is 2.16. The molecular weight excluding hydrogens is 326 g/mol. The largest absolute Gasteiger partial charge is 0.337 e. The quantitative estimate of drug-likeness (QED) is 0.548. The summed E-state index contributed by atoms with van der Waals surface area (Å²) in [6, 6.07) is 10.3. The van der Waals surface area contributed by atoms with Gasteiger partial charge in [0.15, 0.2) is 0 Å². The van der Waals surface area contributed by atoms with E-state index in [1.807, 2.05) is 13.0 Å². The molecule has 2 rings (SSSR count). The van der Waals surface area contributed by atoms with Crippen LogP contribution in [0.25, 0.3) is 0 Å². The number of benzene rings is 1. The molecule has 3 N–H and O–H groups in total. The fourth-order valence-electron chi connectivity index (χ4n) is 1.98. The summed E-state index contributed by atoms with van der Waals surface area (Å²) in [7, 11) is 0. The Morgan fingerprint density at radius 2 is 1.92 bits per heavy atom. The van der Waals surface area contributed by atoms with Gasteiger partial charge < -0.3 is 16.0 Å². The van der Waals surface area contributed by atoms with Crippen molar-refractivity contribution in [2.24, 2.45) is 0 Å². The van der Waals surface area contributed by atoms with Crippen LogP contribution in [0.5, 0.6) is 0 Å². The van der Waals surface area contributed by atoms with E-state index in [-0.39, 0.29) is 24.6 Å². The lowest BCUT2D eigenvalue weighted by Crippen LogP contribution is -2.31. The number of pyridine rings is 1. The van der Waals surface area contributed by atoms with Gasteiger partial charge in [0.2, 0.25) is 5.91 Å². The first-order chi connectivity index (χ1) is 11.9. The molecule has 9 heteroatoms. The van der Waals surface area contributed by atoms with Crippen LogP contribution in [0.1, 0.15) is 12.1 Å². The molecular formula is C16H17N5O4. The maximum absolute atomic E-state index is 11.8. The minimum absolute atomic E-state index is 0.0674. The Labute approximate surface area is 143 Å². The zero-order valence-electron chi connectivity index (χ0n) is 13.5. The predicted molar refractivity (Wildman–Crippen MR) is 92.3 cm³/mol. The first kappa shape index (κ1) is 17.9. The van der Waals surface area contributed by atoms with Gasteiger partial charge in [-0.3, -0.25) is 14.9 Å². The molecule has 1 aromatic carbocycles. The minimum Gasteiger partial charge on any atom is -0.337 e. The van der Waals surface area contributed by atoms with Gasteiger partial charge in [0.1, 0.15) is 5.82 Å². The lowest BCUT2D eigenvalue weighted by atomic mass is 10.3. The minimum atomic E-state index is -0.554. The van der Waals surface area contributed by atoms with Gasteiger partial charge in [-0.25, -0.2) is 9.78 Å². The zero-order valence-corrected chi connectivity index (χ0v) is 13.5. The molecule has 0 saturated heterocycles. The molecule has 0 aliphatic carbocycles. The number of carbonyl (C=O) groups is 2. The van der Waals surface area contributed by atoms with Crippen LogP contribution in [-0.2, 0) is 4.79 Å². The van der Waals surface area contributed by atoms with Crippen LogP contribution in [0.3, 0.4) is 0 Å².